The second kappa shape index (κ2) is 8.19. The highest BCUT2D eigenvalue weighted by Crippen LogP contribution is 2.30. The van der Waals surface area contributed by atoms with Crippen molar-refractivity contribution in [2.45, 2.75) is 82.7 Å². The molecule has 0 radical (unpaired) electrons. The Hall–Kier alpha value is -1.02. The van der Waals surface area contributed by atoms with Crippen molar-refractivity contribution in [3.05, 3.63) is 34.9 Å². The summed E-state index contributed by atoms with van der Waals surface area (Å²) >= 11 is 5.96. The van der Waals surface area contributed by atoms with Crippen molar-refractivity contribution in [2.75, 3.05) is 0 Å². The maximum atomic E-state index is 13.1. The van der Waals surface area contributed by atoms with Crippen LogP contribution in [0, 0.1) is 0 Å². The van der Waals surface area contributed by atoms with Gasteiger partial charge in [-0.2, -0.15) is 0 Å². The molecule has 0 spiro atoms. The molecular formula is C20H28ClNO. The molecule has 126 valence electrons. The molecule has 0 atom stereocenters. The molecule has 0 bridgehead atoms. The molecule has 0 N–H and O–H groups in total. The lowest BCUT2D eigenvalue weighted by molar-refractivity contribution is -0.137. The zero-order chi connectivity index (χ0) is 16.1. The Morgan fingerprint density at radius 3 is 1.83 bits per heavy atom. The van der Waals surface area contributed by atoms with Crippen molar-refractivity contribution >= 4 is 17.5 Å². The lowest BCUT2D eigenvalue weighted by Gasteiger charge is -2.42. The van der Waals surface area contributed by atoms with Gasteiger partial charge in [-0.3, -0.25) is 4.79 Å². The quantitative estimate of drug-likeness (QED) is 0.724. The van der Waals surface area contributed by atoms with Crippen LogP contribution in [0.2, 0.25) is 5.02 Å². The van der Waals surface area contributed by atoms with E-state index in [1.165, 1.54) is 64.2 Å². The number of halogens is 1. The normalized spacial score (nSPS) is 20.4. The zero-order valence-corrected chi connectivity index (χ0v) is 14.7. The Kier molecular flexibility index (Phi) is 5.99. The Morgan fingerprint density at radius 2 is 1.35 bits per heavy atom. The third-order valence-electron chi connectivity index (χ3n) is 5.49. The highest BCUT2D eigenvalue weighted by molar-refractivity contribution is 6.30. The molecule has 23 heavy (non-hydrogen) atoms. The second-order valence-electron chi connectivity index (χ2n) is 7.19. The van der Waals surface area contributed by atoms with Crippen LogP contribution in [0.3, 0.4) is 0 Å². The van der Waals surface area contributed by atoms with Crippen LogP contribution in [0.1, 0.15) is 69.8 Å². The largest absolute Gasteiger partial charge is 0.336 e. The Labute approximate surface area is 145 Å². The van der Waals surface area contributed by atoms with Crippen LogP contribution >= 0.6 is 11.6 Å². The van der Waals surface area contributed by atoms with Gasteiger partial charge in [0.05, 0.1) is 6.42 Å². The number of nitrogens with zero attached hydrogens (tertiary/aromatic N) is 1. The number of amides is 1. The van der Waals surface area contributed by atoms with Crippen molar-refractivity contribution in [1.29, 1.82) is 0 Å². The summed E-state index contributed by atoms with van der Waals surface area (Å²) in [4.78, 5) is 15.4. The minimum absolute atomic E-state index is 0.325. The van der Waals surface area contributed by atoms with Gasteiger partial charge in [-0.05, 0) is 43.4 Å². The Balaban J connectivity index is 1.72. The van der Waals surface area contributed by atoms with Crippen LogP contribution in [-0.4, -0.2) is 22.9 Å². The maximum absolute atomic E-state index is 13.1. The van der Waals surface area contributed by atoms with Gasteiger partial charge in [0.1, 0.15) is 0 Å². The van der Waals surface area contributed by atoms with E-state index in [2.05, 4.69) is 4.90 Å². The molecular weight excluding hydrogens is 306 g/mol. The molecule has 2 nitrogen and oxygen atoms in total. The molecule has 2 saturated carbocycles. The summed E-state index contributed by atoms with van der Waals surface area (Å²) in [5, 5.41) is 0.734. The predicted molar refractivity (Wildman–Crippen MR) is 95.7 cm³/mol. The summed E-state index contributed by atoms with van der Waals surface area (Å²) in [6.07, 6.45) is 13.1. The smallest absolute Gasteiger partial charge is 0.227 e. The molecule has 0 saturated heterocycles. The van der Waals surface area contributed by atoms with Gasteiger partial charge in [-0.25, -0.2) is 0 Å². The minimum Gasteiger partial charge on any atom is -0.336 e. The number of hydrogen-bond acceptors (Lipinski definition) is 1. The fourth-order valence-electron chi connectivity index (χ4n) is 4.29. The van der Waals surface area contributed by atoms with Crippen molar-refractivity contribution in [3.8, 4) is 0 Å². The SMILES string of the molecule is O=C(Cc1ccc(Cl)cc1)N(C1CCCCC1)C1CCCCC1. The molecule has 1 aromatic rings. The molecule has 1 amide bonds. The number of rotatable bonds is 4. The lowest BCUT2D eigenvalue weighted by atomic mass is 9.88. The second-order valence-corrected chi connectivity index (χ2v) is 7.62. The Bertz CT molecular complexity index is 483. The average Bonchev–Trinajstić information content (AvgIpc) is 2.59. The van der Waals surface area contributed by atoms with Crippen LogP contribution in [-0.2, 0) is 11.2 Å². The van der Waals surface area contributed by atoms with E-state index in [1.807, 2.05) is 24.3 Å². The van der Waals surface area contributed by atoms with Crippen molar-refractivity contribution < 1.29 is 4.79 Å². The first kappa shape index (κ1) is 16.8. The van der Waals surface area contributed by atoms with Gasteiger partial charge in [-0.15, -0.1) is 0 Å². The third kappa shape index (κ3) is 4.50. The fraction of sp³-hybridized carbons (Fsp3) is 0.650. The van der Waals surface area contributed by atoms with Crippen LogP contribution in [0.5, 0.6) is 0 Å². The van der Waals surface area contributed by atoms with E-state index in [9.17, 15) is 4.79 Å². The third-order valence-corrected chi connectivity index (χ3v) is 5.74. The van der Waals surface area contributed by atoms with Crippen LogP contribution in [0.25, 0.3) is 0 Å². The van der Waals surface area contributed by atoms with Gasteiger partial charge >= 0.3 is 0 Å². The Morgan fingerprint density at radius 1 is 0.870 bits per heavy atom. The molecule has 2 aliphatic rings. The van der Waals surface area contributed by atoms with Gasteiger partial charge in [0, 0.05) is 17.1 Å². The predicted octanol–water partition coefficient (Wildman–Crippen LogP) is 5.38. The monoisotopic (exact) mass is 333 g/mol. The van der Waals surface area contributed by atoms with E-state index < -0.39 is 0 Å². The molecule has 0 aliphatic heterocycles. The summed E-state index contributed by atoms with van der Waals surface area (Å²) in [6.45, 7) is 0. The van der Waals surface area contributed by atoms with E-state index in [0.29, 0.717) is 24.4 Å². The highest BCUT2D eigenvalue weighted by atomic mass is 35.5. The highest BCUT2D eigenvalue weighted by Gasteiger charge is 2.32. The zero-order valence-electron chi connectivity index (χ0n) is 14.0. The first-order valence-corrected chi connectivity index (χ1v) is 9.67. The average molecular weight is 334 g/mol. The van der Waals surface area contributed by atoms with Gasteiger partial charge in [0.15, 0.2) is 0 Å². The van der Waals surface area contributed by atoms with E-state index in [-0.39, 0.29) is 0 Å². The molecule has 1 aromatic carbocycles. The molecule has 2 fully saturated rings. The molecule has 0 aromatic heterocycles. The number of hydrogen-bond donors (Lipinski definition) is 0. The summed E-state index contributed by atoms with van der Waals surface area (Å²) in [5.41, 5.74) is 1.08. The van der Waals surface area contributed by atoms with Crippen LogP contribution in [0.4, 0.5) is 0 Å². The first-order valence-electron chi connectivity index (χ1n) is 9.29. The molecule has 3 rings (SSSR count). The molecule has 3 heteroatoms. The maximum Gasteiger partial charge on any atom is 0.227 e. The first-order chi connectivity index (χ1) is 11.2. The summed E-state index contributed by atoms with van der Waals surface area (Å²) in [5.74, 6) is 0.325. The number of benzene rings is 1. The van der Waals surface area contributed by atoms with E-state index in [4.69, 9.17) is 11.6 Å². The topological polar surface area (TPSA) is 20.3 Å². The van der Waals surface area contributed by atoms with Gasteiger partial charge in [0.25, 0.3) is 0 Å². The molecule has 0 unspecified atom stereocenters. The van der Waals surface area contributed by atoms with Crippen molar-refractivity contribution in [3.63, 3.8) is 0 Å². The van der Waals surface area contributed by atoms with E-state index in [0.717, 1.165) is 10.6 Å². The van der Waals surface area contributed by atoms with E-state index in [1.54, 1.807) is 0 Å². The van der Waals surface area contributed by atoms with Crippen LogP contribution < -0.4 is 0 Å². The fourth-order valence-corrected chi connectivity index (χ4v) is 4.42. The summed E-state index contributed by atoms with van der Waals surface area (Å²) < 4.78 is 0. The van der Waals surface area contributed by atoms with Gasteiger partial charge in [-0.1, -0.05) is 62.3 Å². The van der Waals surface area contributed by atoms with Gasteiger partial charge < -0.3 is 4.90 Å². The van der Waals surface area contributed by atoms with Crippen LogP contribution in [0.15, 0.2) is 24.3 Å². The number of carbonyl (C=O) groups is 1. The van der Waals surface area contributed by atoms with Crippen molar-refractivity contribution in [1.82, 2.24) is 4.90 Å². The lowest BCUT2D eigenvalue weighted by Crippen LogP contribution is -2.49. The molecule has 0 heterocycles. The van der Waals surface area contributed by atoms with E-state index >= 15 is 0 Å². The minimum atomic E-state index is 0.325. The summed E-state index contributed by atoms with van der Waals surface area (Å²) in [6, 6.07) is 8.70. The number of carbonyl (C=O) groups excluding carboxylic acids is 1. The standard InChI is InChI=1S/C20H28ClNO/c21-17-13-11-16(12-14-17)15-20(23)22(18-7-3-1-4-8-18)19-9-5-2-6-10-19/h11-14,18-19H,1-10,15H2. The van der Waals surface area contributed by atoms with Crippen molar-refractivity contribution in [2.24, 2.45) is 0 Å². The molecule has 2 aliphatic carbocycles. The van der Waals surface area contributed by atoms with Gasteiger partial charge in [0.2, 0.25) is 5.91 Å². The summed E-state index contributed by atoms with van der Waals surface area (Å²) in [7, 11) is 0.